The number of carbonyl (C=O) groups is 1. The van der Waals surface area contributed by atoms with E-state index in [9.17, 15) is 4.79 Å². The van der Waals surface area contributed by atoms with Gasteiger partial charge in [0.2, 0.25) is 0 Å². The standard InChI is InChI=1S/C10H21NO3/c1-9(10(2)12)11(5-7-13-3)6-8-14-4/h9H,5-8H2,1-4H3. The van der Waals surface area contributed by atoms with Crippen LogP contribution in [0, 0.1) is 0 Å². The van der Waals surface area contributed by atoms with E-state index in [0.717, 1.165) is 13.1 Å². The third kappa shape index (κ3) is 5.32. The molecule has 1 atom stereocenters. The molecule has 0 aliphatic carbocycles. The number of ketones is 1. The van der Waals surface area contributed by atoms with Crippen LogP contribution in [0.4, 0.5) is 0 Å². The summed E-state index contributed by atoms with van der Waals surface area (Å²) < 4.78 is 9.98. The van der Waals surface area contributed by atoms with Gasteiger partial charge in [-0.05, 0) is 13.8 Å². The Labute approximate surface area is 86.2 Å². The van der Waals surface area contributed by atoms with Gasteiger partial charge in [-0.2, -0.15) is 0 Å². The third-order valence-corrected chi connectivity index (χ3v) is 2.30. The van der Waals surface area contributed by atoms with Crippen LogP contribution in [0.3, 0.4) is 0 Å². The fourth-order valence-electron chi connectivity index (χ4n) is 1.17. The molecular formula is C10H21NO3. The predicted octanol–water partition coefficient (Wildman–Crippen LogP) is 0.559. The Kier molecular flexibility index (Phi) is 7.65. The van der Waals surface area contributed by atoms with Gasteiger partial charge in [-0.25, -0.2) is 0 Å². The fraction of sp³-hybridized carbons (Fsp3) is 0.900. The van der Waals surface area contributed by atoms with E-state index in [-0.39, 0.29) is 11.8 Å². The summed E-state index contributed by atoms with van der Waals surface area (Å²) in [7, 11) is 3.32. The van der Waals surface area contributed by atoms with Gasteiger partial charge in [0.05, 0.1) is 19.3 Å². The zero-order chi connectivity index (χ0) is 11.0. The zero-order valence-corrected chi connectivity index (χ0v) is 9.58. The van der Waals surface area contributed by atoms with Crippen molar-refractivity contribution in [1.82, 2.24) is 4.90 Å². The molecule has 0 aliphatic rings. The van der Waals surface area contributed by atoms with Crippen LogP contribution in [-0.4, -0.2) is 57.2 Å². The number of hydrogen-bond donors (Lipinski definition) is 0. The van der Waals surface area contributed by atoms with E-state index in [1.54, 1.807) is 21.1 Å². The van der Waals surface area contributed by atoms with Gasteiger partial charge in [-0.1, -0.05) is 0 Å². The number of rotatable bonds is 8. The lowest BCUT2D eigenvalue weighted by Gasteiger charge is -2.26. The molecule has 0 radical (unpaired) electrons. The Balaban J connectivity index is 4.01. The second kappa shape index (κ2) is 7.91. The molecule has 4 nitrogen and oxygen atoms in total. The highest BCUT2D eigenvalue weighted by atomic mass is 16.5. The molecule has 0 spiro atoms. The van der Waals surface area contributed by atoms with Crippen LogP contribution in [0.15, 0.2) is 0 Å². The molecule has 0 bridgehead atoms. The monoisotopic (exact) mass is 203 g/mol. The Hall–Kier alpha value is -0.450. The van der Waals surface area contributed by atoms with E-state index in [2.05, 4.69) is 4.90 Å². The first-order chi connectivity index (χ1) is 6.63. The molecule has 0 aromatic carbocycles. The second-order valence-corrected chi connectivity index (χ2v) is 3.31. The smallest absolute Gasteiger partial charge is 0.146 e. The van der Waals surface area contributed by atoms with Gasteiger partial charge in [0.15, 0.2) is 0 Å². The van der Waals surface area contributed by atoms with Gasteiger partial charge in [0.25, 0.3) is 0 Å². The predicted molar refractivity (Wildman–Crippen MR) is 55.5 cm³/mol. The lowest BCUT2D eigenvalue weighted by molar-refractivity contribution is -0.122. The normalized spacial score (nSPS) is 13.2. The van der Waals surface area contributed by atoms with E-state index >= 15 is 0 Å². The van der Waals surface area contributed by atoms with Crippen LogP contribution in [0.2, 0.25) is 0 Å². The minimum atomic E-state index is -0.0553. The largest absolute Gasteiger partial charge is 0.383 e. The summed E-state index contributed by atoms with van der Waals surface area (Å²) in [5.74, 6) is 0.178. The summed E-state index contributed by atoms with van der Waals surface area (Å²) in [5, 5.41) is 0. The van der Waals surface area contributed by atoms with Gasteiger partial charge in [-0.3, -0.25) is 9.69 Å². The van der Waals surface area contributed by atoms with Gasteiger partial charge in [0, 0.05) is 27.3 Å². The van der Waals surface area contributed by atoms with Crippen molar-refractivity contribution in [2.24, 2.45) is 0 Å². The van der Waals surface area contributed by atoms with Crippen LogP contribution in [-0.2, 0) is 14.3 Å². The van der Waals surface area contributed by atoms with Crippen molar-refractivity contribution in [3.63, 3.8) is 0 Å². The van der Waals surface area contributed by atoms with Gasteiger partial charge in [-0.15, -0.1) is 0 Å². The third-order valence-electron chi connectivity index (χ3n) is 2.30. The quantitative estimate of drug-likeness (QED) is 0.578. The minimum Gasteiger partial charge on any atom is -0.383 e. The first-order valence-electron chi connectivity index (χ1n) is 4.85. The molecule has 0 aliphatic heterocycles. The molecule has 0 saturated carbocycles. The topological polar surface area (TPSA) is 38.8 Å². The summed E-state index contributed by atoms with van der Waals surface area (Å²) in [6, 6.07) is -0.0553. The SMILES string of the molecule is COCCN(CCOC)C(C)C(C)=O. The molecule has 0 aromatic rings. The van der Waals surface area contributed by atoms with Gasteiger partial charge in [0.1, 0.15) is 5.78 Å². The molecule has 84 valence electrons. The summed E-state index contributed by atoms with van der Waals surface area (Å²) in [6.45, 7) is 6.33. The summed E-state index contributed by atoms with van der Waals surface area (Å²) in [6.07, 6.45) is 0. The number of carbonyl (C=O) groups excluding carboxylic acids is 1. The molecule has 0 fully saturated rings. The molecular weight excluding hydrogens is 182 g/mol. The van der Waals surface area contributed by atoms with E-state index in [1.807, 2.05) is 6.92 Å². The summed E-state index contributed by atoms with van der Waals surface area (Å²) in [5.41, 5.74) is 0. The van der Waals surface area contributed by atoms with Crippen molar-refractivity contribution in [3.05, 3.63) is 0 Å². The number of Topliss-reactive ketones (excluding diaryl/α,β-unsaturated/α-hetero) is 1. The van der Waals surface area contributed by atoms with Gasteiger partial charge >= 0.3 is 0 Å². The van der Waals surface area contributed by atoms with Crippen LogP contribution < -0.4 is 0 Å². The average molecular weight is 203 g/mol. The van der Waals surface area contributed by atoms with Crippen LogP contribution in [0.25, 0.3) is 0 Å². The van der Waals surface area contributed by atoms with E-state index in [0.29, 0.717) is 13.2 Å². The second-order valence-electron chi connectivity index (χ2n) is 3.31. The Morgan fingerprint density at radius 2 is 1.64 bits per heavy atom. The lowest BCUT2D eigenvalue weighted by atomic mass is 10.2. The zero-order valence-electron chi connectivity index (χ0n) is 9.58. The molecule has 0 heterocycles. The van der Waals surface area contributed by atoms with Crippen molar-refractivity contribution >= 4 is 5.78 Å². The molecule has 0 N–H and O–H groups in total. The fourth-order valence-corrected chi connectivity index (χ4v) is 1.17. The molecule has 1 unspecified atom stereocenters. The number of hydrogen-bond acceptors (Lipinski definition) is 4. The highest BCUT2D eigenvalue weighted by Gasteiger charge is 2.16. The van der Waals surface area contributed by atoms with Crippen molar-refractivity contribution in [1.29, 1.82) is 0 Å². The van der Waals surface area contributed by atoms with Crippen molar-refractivity contribution < 1.29 is 14.3 Å². The van der Waals surface area contributed by atoms with E-state index in [1.165, 1.54) is 0 Å². The summed E-state index contributed by atoms with van der Waals surface area (Å²) >= 11 is 0. The van der Waals surface area contributed by atoms with Crippen molar-refractivity contribution in [2.75, 3.05) is 40.5 Å². The number of ether oxygens (including phenoxy) is 2. The van der Waals surface area contributed by atoms with Crippen molar-refractivity contribution in [2.45, 2.75) is 19.9 Å². The number of nitrogens with zero attached hydrogens (tertiary/aromatic N) is 1. The molecule has 0 saturated heterocycles. The van der Waals surface area contributed by atoms with Gasteiger partial charge < -0.3 is 9.47 Å². The van der Waals surface area contributed by atoms with Crippen LogP contribution in [0.1, 0.15) is 13.8 Å². The van der Waals surface area contributed by atoms with Crippen molar-refractivity contribution in [3.8, 4) is 0 Å². The average Bonchev–Trinajstić information content (AvgIpc) is 2.17. The maximum Gasteiger partial charge on any atom is 0.146 e. The van der Waals surface area contributed by atoms with E-state index in [4.69, 9.17) is 9.47 Å². The maximum absolute atomic E-state index is 11.2. The van der Waals surface area contributed by atoms with Crippen LogP contribution >= 0.6 is 0 Å². The Bertz CT molecular complexity index is 153. The van der Waals surface area contributed by atoms with Crippen LogP contribution in [0.5, 0.6) is 0 Å². The maximum atomic E-state index is 11.2. The first kappa shape index (κ1) is 13.5. The van der Waals surface area contributed by atoms with E-state index < -0.39 is 0 Å². The highest BCUT2D eigenvalue weighted by molar-refractivity contribution is 5.80. The minimum absolute atomic E-state index is 0.0553. The molecule has 14 heavy (non-hydrogen) atoms. The lowest BCUT2D eigenvalue weighted by Crippen LogP contribution is -2.41. The summed E-state index contributed by atoms with van der Waals surface area (Å²) in [4.78, 5) is 13.3. The molecule has 0 aromatic heterocycles. The Morgan fingerprint density at radius 1 is 1.21 bits per heavy atom. The highest BCUT2D eigenvalue weighted by Crippen LogP contribution is 2.00. The molecule has 4 heteroatoms. The molecule has 0 rings (SSSR count). The molecule has 0 amide bonds. The Morgan fingerprint density at radius 3 is 1.93 bits per heavy atom. The number of methoxy groups -OCH3 is 2. The first-order valence-corrected chi connectivity index (χ1v) is 4.85.